The van der Waals surface area contributed by atoms with Crippen molar-refractivity contribution in [1.29, 1.82) is 0 Å². The van der Waals surface area contributed by atoms with Crippen molar-refractivity contribution < 1.29 is 0 Å². The standard InChI is InChI=1S/C18H28N2/c1-13(14-8-4-2-3-5-9-14)20-18-12-17(19)15-10-6-7-11-16(15)18/h6-7,10-11,13-14,17-18,20H,2-5,8-9,12,19H2,1H3/t13-,17?,18?/m0/s1. The van der Waals surface area contributed by atoms with Crippen molar-refractivity contribution in [3.05, 3.63) is 35.4 Å². The first-order valence-electron chi connectivity index (χ1n) is 8.36. The minimum Gasteiger partial charge on any atom is -0.324 e. The molecule has 2 nitrogen and oxygen atoms in total. The first kappa shape index (κ1) is 14.1. The predicted octanol–water partition coefficient (Wildman–Crippen LogP) is 4.08. The molecule has 0 bridgehead atoms. The van der Waals surface area contributed by atoms with Crippen molar-refractivity contribution >= 4 is 0 Å². The Hall–Kier alpha value is -0.860. The van der Waals surface area contributed by atoms with E-state index in [4.69, 9.17) is 5.73 Å². The van der Waals surface area contributed by atoms with Gasteiger partial charge in [-0.15, -0.1) is 0 Å². The summed E-state index contributed by atoms with van der Waals surface area (Å²) in [5, 5.41) is 3.88. The highest BCUT2D eigenvalue weighted by Crippen LogP contribution is 2.38. The van der Waals surface area contributed by atoms with E-state index < -0.39 is 0 Å². The van der Waals surface area contributed by atoms with Gasteiger partial charge in [0.15, 0.2) is 0 Å². The van der Waals surface area contributed by atoms with Crippen LogP contribution in [0.5, 0.6) is 0 Å². The Labute approximate surface area is 123 Å². The fourth-order valence-corrected chi connectivity index (χ4v) is 4.10. The third-order valence-electron chi connectivity index (χ3n) is 5.33. The summed E-state index contributed by atoms with van der Waals surface area (Å²) in [6.07, 6.45) is 9.54. The third-order valence-corrected chi connectivity index (χ3v) is 5.33. The van der Waals surface area contributed by atoms with E-state index in [1.165, 1.54) is 49.7 Å². The third kappa shape index (κ3) is 2.91. The molecule has 1 fully saturated rings. The summed E-state index contributed by atoms with van der Waals surface area (Å²) in [6.45, 7) is 2.38. The van der Waals surface area contributed by atoms with Crippen LogP contribution in [-0.2, 0) is 0 Å². The maximum atomic E-state index is 6.28. The van der Waals surface area contributed by atoms with Crippen molar-refractivity contribution in [2.24, 2.45) is 11.7 Å². The van der Waals surface area contributed by atoms with Gasteiger partial charge >= 0.3 is 0 Å². The number of hydrogen-bond donors (Lipinski definition) is 2. The lowest BCUT2D eigenvalue weighted by molar-refractivity contribution is 0.305. The van der Waals surface area contributed by atoms with Crippen LogP contribution in [0.2, 0.25) is 0 Å². The summed E-state index contributed by atoms with van der Waals surface area (Å²) in [7, 11) is 0. The number of nitrogens with two attached hydrogens (primary N) is 1. The Morgan fingerprint density at radius 3 is 2.40 bits per heavy atom. The van der Waals surface area contributed by atoms with E-state index in [2.05, 4.69) is 36.5 Å². The van der Waals surface area contributed by atoms with Gasteiger partial charge in [0.1, 0.15) is 0 Å². The molecule has 0 spiro atoms. The summed E-state index contributed by atoms with van der Waals surface area (Å²) >= 11 is 0. The SMILES string of the molecule is C[C@H](NC1CC(N)c2ccccc21)C1CCCCCC1. The lowest BCUT2D eigenvalue weighted by Gasteiger charge is -2.27. The van der Waals surface area contributed by atoms with E-state index in [1.807, 2.05) is 0 Å². The van der Waals surface area contributed by atoms with E-state index in [-0.39, 0.29) is 6.04 Å². The fraction of sp³-hybridized carbons (Fsp3) is 0.667. The predicted molar refractivity (Wildman–Crippen MR) is 84.5 cm³/mol. The molecule has 2 heteroatoms. The molecule has 0 heterocycles. The van der Waals surface area contributed by atoms with Gasteiger partial charge in [-0.25, -0.2) is 0 Å². The van der Waals surface area contributed by atoms with Crippen LogP contribution < -0.4 is 11.1 Å². The highest BCUT2D eigenvalue weighted by molar-refractivity contribution is 5.37. The lowest BCUT2D eigenvalue weighted by Crippen LogP contribution is -2.35. The molecule has 110 valence electrons. The summed E-state index contributed by atoms with van der Waals surface area (Å²) in [4.78, 5) is 0. The van der Waals surface area contributed by atoms with Gasteiger partial charge in [0, 0.05) is 18.1 Å². The second-order valence-corrected chi connectivity index (χ2v) is 6.73. The number of benzene rings is 1. The maximum absolute atomic E-state index is 6.28. The van der Waals surface area contributed by atoms with Crippen LogP contribution >= 0.6 is 0 Å². The molecule has 0 radical (unpaired) electrons. The molecule has 3 N–H and O–H groups in total. The normalized spacial score (nSPS) is 28.9. The van der Waals surface area contributed by atoms with Crippen molar-refractivity contribution in [3.8, 4) is 0 Å². The summed E-state index contributed by atoms with van der Waals surface area (Å²) in [6, 6.07) is 9.97. The van der Waals surface area contributed by atoms with E-state index in [1.54, 1.807) is 0 Å². The van der Waals surface area contributed by atoms with Gasteiger partial charge < -0.3 is 11.1 Å². The first-order chi connectivity index (χ1) is 9.75. The van der Waals surface area contributed by atoms with Crippen LogP contribution in [0.1, 0.15) is 75.1 Å². The van der Waals surface area contributed by atoms with Crippen molar-refractivity contribution in [3.63, 3.8) is 0 Å². The summed E-state index contributed by atoms with van der Waals surface area (Å²) in [5.41, 5.74) is 9.05. The van der Waals surface area contributed by atoms with Crippen LogP contribution in [0.15, 0.2) is 24.3 Å². The fourth-order valence-electron chi connectivity index (χ4n) is 4.10. The monoisotopic (exact) mass is 272 g/mol. The molecule has 0 saturated heterocycles. The van der Waals surface area contributed by atoms with Gasteiger partial charge in [-0.05, 0) is 43.2 Å². The molecule has 1 saturated carbocycles. The zero-order valence-electron chi connectivity index (χ0n) is 12.6. The zero-order valence-corrected chi connectivity index (χ0v) is 12.6. The number of hydrogen-bond acceptors (Lipinski definition) is 2. The molecule has 20 heavy (non-hydrogen) atoms. The van der Waals surface area contributed by atoms with Gasteiger partial charge in [-0.2, -0.15) is 0 Å². The molecule has 0 amide bonds. The highest BCUT2D eigenvalue weighted by Gasteiger charge is 2.30. The van der Waals surface area contributed by atoms with Gasteiger partial charge in [-0.1, -0.05) is 49.9 Å². The van der Waals surface area contributed by atoms with Crippen molar-refractivity contribution in [1.82, 2.24) is 5.32 Å². The number of rotatable bonds is 3. The highest BCUT2D eigenvalue weighted by atomic mass is 15.0. The van der Waals surface area contributed by atoms with E-state index in [0.717, 1.165) is 12.3 Å². The van der Waals surface area contributed by atoms with Crippen LogP contribution in [0, 0.1) is 5.92 Å². The van der Waals surface area contributed by atoms with E-state index in [0.29, 0.717) is 12.1 Å². The molecule has 3 rings (SSSR count). The number of fused-ring (bicyclic) bond motifs is 1. The molecular weight excluding hydrogens is 244 g/mol. The van der Waals surface area contributed by atoms with Crippen molar-refractivity contribution in [2.75, 3.05) is 0 Å². The van der Waals surface area contributed by atoms with E-state index in [9.17, 15) is 0 Å². The second-order valence-electron chi connectivity index (χ2n) is 6.73. The van der Waals surface area contributed by atoms with E-state index >= 15 is 0 Å². The van der Waals surface area contributed by atoms with Gasteiger partial charge in [0.2, 0.25) is 0 Å². The zero-order chi connectivity index (χ0) is 13.9. The Morgan fingerprint density at radius 2 is 1.70 bits per heavy atom. The van der Waals surface area contributed by atoms with Crippen molar-refractivity contribution in [2.45, 2.75) is 70.0 Å². The molecule has 2 aliphatic rings. The van der Waals surface area contributed by atoms with Gasteiger partial charge in [0.05, 0.1) is 0 Å². The van der Waals surface area contributed by atoms with Gasteiger partial charge in [-0.3, -0.25) is 0 Å². The smallest absolute Gasteiger partial charge is 0.0344 e. The molecule has 1 aromatic carbocycles. The summed E-state index contributed by atoms with van der Waals surface area (Å²) in [5.74, 6) is 0.849. The Bertz CT molecular complexity index is 435. The second kappa shape index (κ2) is 6.28. The van der Waals surface area contributed by atoms with Crippen LogP contribution in [0.4, 0.5) is 0 Å². The van der Waals surface area contributed by atoms with Crippen LogP contribution in [0.25, 0.3) is 0 Å². The average molecular weight is 272 g/mol. The lowest BCUT2D eigenvalue weighted by atomic mass is 9.92. The molecule has 1 aromatic rings. The van der Waals surface area contributed by atoms with Crippen LogP contribution in [0.3, 0.4) is 0 Å². The summed E-state index contributed by atoms with van der Waals surface area (Å²) < 4.78 is 0. The maximum Gasteiger partial charge on any atom is 0.0344 e. The van der Waals surface area contributed by atoms with Gasteiger partial charge in [0.25, 0.3) is 0 Å². The largest absolute Gasteiger partial charge is 0.324 e. The molecule has 2 unspecified atom stereocenters. The molecule has 0 aromatic heterocycles. The molecule has 0 aliphatic heterocycles. The van der Waals surface area contributed by atoms with Crippen LogP contribution in [-0.4, -0.2) is 6.04 Å². The Kier molecular flexibility index (Phi) is 4.42. The minimum absolute atomic E-state index is 0.213. The number of nitrogens with one attached hydrogen (secondary N) is 1. The topological polar surface area (TPSA) is 38.0 Å². The average Bonchev–Trinajstić information content (AvgIpc) is 2.67. The Balaban J connectivity index is 1.66. The Morgan fingerprint density at radius 1 is 1.05 bits per heavy atom. The molecule has 3 atom stereocenters. The first-order valence-corrected chi connectivity index (χ1v) is 8.36. The minimum atomic E-state index is 0.213. The quantitative estimate of drug-likeness (QED) is 0.814. The molecule has 2 aliphatic carbocycles. The molecular formula is C18H28N2.